The molecule has 1 aromatic carbocycles. The molecule has 1 aliphatic heterocycles. The Morgan fingerprint density at radius 1 is 1.15 bits per heavy atom. The Morgan fingerprint density at radius 3 is 2.44 bits per heavy atom. The van der Waals surface area contributed by atoms with Gasteiger partial charge in [0, 0.05) is 31.3 Å². The van der Waals surface area contributed by atoms with Crippen molar-refractivity contribution in [1.82, 2.24) is 5.32 Å². The van der Waals surface area contributed by atoms with Gasteiger partial charge < -0.3 is 15.5 Å². The lowest BCUT2D eigenvalue weighted by atomic mass is 10.00. The van der Waals surface area contributed by atoms with Gasteiger partial charge in [0.15, 0.2) is 0 Å². The van der Waals surface area contributed by atoms with Crippen LogP contribution in [0, 0.1) is 11.8 Å². The van der Waals surface area contributed by atoms with Gasteiger partial charge in [-0.25, -0.2) is 0 Å². The van der Waals surface area contributed by atoms with Crippen molar-refractivity contribution in [3.05, 3.63) is 23.8 Å². The van der Waals surface area contributed by atoms with E-state index in [0.29, 0.717) is 18.7 Å². The van der Waals surface area contributed by atoms with Crippen LogP contribution < -0.4 is 15.5 Å². The van der Waals surface area contributed by atoms with Crippen LogP contribution in [0.1, 0.15) is 53.0 Å². The van der Waals surface area contributed by atoms with Crippen molar-refractivity contribution >= 4 is 29.1 Å². The van der Waals surface area contributed by atoms with Crippen LogP contribution >= 0.6 is 0 Å². The molecule has 27 heavy (non-hydrogen) atoms. The van der Waals surface area contributed by atoms with Crippen molar-refractivity contribution in [2.75, 3.05) is 16.8 Å². The maximum Gasteiger partial charge on any atom is 0.247 e. The van der Waals surface area contributed by atoms with Crippen LogP contribution in [-0.2, 0) is 20.8 Å². The summed E-state index contributed by atoms with van der Waals surface area (Å²) in [5.74, 6) is -0.161. The van der Waals surface area contributed by atoms with Gasteiger partial charge in [-0.15, -0.1) is 0 Å². The van der Waals surface area contributed by atoms with Crippen molar-refractivity contribution in [3.8, 4) is 0 Å². The lowest BCUT2D eigenvalue weighted by Gasteiger charge is -2.29. The van der Waals surface area contributed by atoms with Crippen molar-refractivity contribution in [2.45, 2.75) is 59.9 Å². The van der Waals surface area contributed by atoms with Gasteiger partial charge >= 0.3 is 0 Å². The molecular formula is C21H31N3O3. The number of amides is 3. The Hall–Kier alpha value is -2.37. The van der Waals surface area contributed by atoms with E-state index >= 15 is 0 Å². The second kappa shape index (κ2) is 9.02. The summed E-state index contributed by atoms with van der Waals surface area (Å²) in [6, 6.07) is 5.06. The van der Waals surface area contributed by atoms with E-state index in [-0.39, 0.29) is 29.6 Å². The molecule has 1 aromatic rings. The molecule has 3 amide bonds. The van der Waals surface area contributed by atoms with E-state index < -0.39 is 6.04 Å². The Bertz CT molecular complexity index is 713. The van der Waals surface area contributed by atoms with Crippen LogP contribution in [0.2, 0.25) is 0 Å². The fourth-order valence-electron chi connectivity index (χ4n) is 3.34. The predicted molar refractivity (Wildman–Crippen MR) is 108 cm³/mol. The lowest BCUT2D eigenvalue weighted by Crippen LogP contribution is -2.47. The Labute approximate surface area is 161 Å². The van der Waals surface area contributed by atoms with Gasteiger partial charge in [-0.3, -0.25) is 14.4 Å². The number of aryl methyl sites for hydroxylation is 1. The highest BCUT2D eigenvalue weighted by Crippen LogP contribution is 2.30. The monoisotopic (exact) mass is 373 g/mol. The maximum atomic E-state index is 12.8. The molecule has 0 saturated heterocycles. The van der Waals surface area contributed by atoms with Crippen LogP contribution in [0.4, 0.5) is 11.4 Å². The smallest absolute Gasteiger partial charge is 0.247 e. The molecule has 6 nitrogen and oxygen atoms in total. The van der Waals surface area contributed by atoms with E-state index in [1.54, 1.807) is 11.8 Å². The zero-order chi connectivity index (χ0) is 20.1. The SMILES string of the molecule is CC(=O)N1CCCc2ccc(NC(=O)C(NC(=O)CC(C)C)C(C)C)cc21. The van der Waals surface area contributed by atoms with Crippen LogP contribution in [0.15, 0.2) is 18.2 Å². The fourth-order valence-corrected chi connectivity index (χ4v) is 3.34. The third-order valence-corrected chi connectivity index (χ3v) is 4.71. The zero-order valence-electron chi connectivity index (χ0n) is 17.0. The third-order valence-electron chi connectivity index (χ3n) is 4.71. The van der Waals surface area contributed by atoms with E-state index in [1.807, 2.05) is 45.9 Å². The maximum absolute atomic E-state index is 12.8. The minimum Gasteiger partial charge on any atom is -0.344 e. The number of hydrogen-bond donors (Lipinski definition) is 2. The molecule has 2 N–H and O–H groups in total. The number of fused-ring (bicyclic) bond motifs is 1. The van der Waals surface area contributed by atoms with Crippen molar-refractivity contribution < 1.29 is 14.4 Å². The molecular weight excluding hydrogens is 342 g/mol. The van der Waals surface area contributed by atoms with Gasteiger partial charge in [0.1, 0.15) is 6.04 Å². The van der Waals surface area contributed by atoms with Gasteiger partial charge in [0.2, 0.25) is 17.7 Å². The standard InChI is InChI=1S/C21H31N3O3/c1-13(2)11-19(26)23-20(14(3)4)21(27)22-17-9-8-16-7-6-10-24(15(5)25)18(16)12-17/h8-9,12-14,20H,6-7,10-11H2,1-5H3,(H,22,27)(H,23,26). The molecule has 148 valence electrons. The summed E-state index contributed by atoms with van der Waals surface area (Å²) >= 11 is 0. The molecule has 1 heterocycles. The van der Waals surface area contributed by atoms with E-state index in [4.69, 9.17) is 0 Å². The van der Waals surface area contributed by atoms with Gasteiger partial charge in [-0.1, -0.05) is 33.8 Å². The van der Waals surface area contributed by atoms with Crippen LogP contribution in [0.5, 0.6) is 0 Å². The highest BCUT2D eigenvalue weighted by atomic mass is 16.2. The van der Waals surface area contributed by atoms with E-state index in [2.05, 4.69) is 10.6 Å². The minimum absolute atomic E-state index is 0.000400. The molecule has 1 unspecified atom stereocenters. The average Bonchev–Trinajstić information content (AvgIpc) is 2.57. The van der Waals surface area contributed by atoms with Crippen molar-refractivity contribution in [1.29, 1.82) is 0 Å². The number of carbonyl (C=O) groups excluding carboxylic acids is 3. The van der Waals surface area contributed by atoms with E-state index in [1.165, 1.54) is 0 Å². The van der Waals surface area contributed by atoms with Crippen LogP contribution in [0.3, 0.4) is 0 Å². The van der Waals surface area contributed by atoms with Gasteiger partial charge in [0.05, 0.1) is 0 Å². The summed E-state index contributed by atoms with van der Waals surface area (Å²) in [7, 11) is 0. The normalized spacial score (nSPS) is 14.7. The zero-order valence-corrected chi connectivity index (χ0v) is 17.0. The molecule has 1 aliphatic rings. The highest BCUT2D eigenvalue weighted by molar-refractivity contribution is 5.99. The third kappa shape index (κ3) is 5.55. The molecule has 0 aliphatic carbocycles. The highest BCUT2D eigenvalue weighted by Gasteiger charge is 2.25. The Kier molecular flexibility index (Phi) is 6.99. The first-order valence-corrected chi connectivity index (χ1v) is 9.70. The summed E-state index contributed by atoms with van der Waals surface area (Å²) in [5, 5.41) is 5.74. The molecule has 1 atom stereocenters. The first-order chi connectivity index (χ1) is 12.7. The Balaban J connectivity index is 2.14. The molecule has 0 spiro atoms. The summed E-state index contributed by atoms with van der Waals surface area (Å²) < 4.78 is 0. The number of rotatable bonds is 6. The molecule has 6 heteroatoms. The number of nitrogens with zero attached hydrogens (tertiary/aromatic N) is 1. The summed E-state index contributed by atoms with van der Waals surface area (Å²) in [5.41, 5.74) is 2.60. The first-order valence-electron chi connectivity index (χ1n) is 9.70. The van der Waals surface area contributed by atoms with Gasteiger partial charge in [-0.05, 0) is 42.4 Å². The molecule has 0 radical (unpaired) electrons. The largest absolute Gasteiger partial charge is 0.344 e. The van der Waals surface area contributed by atoms with Crippen molar-refractivity contribution in [2.24, 2.45) is 11.8 Å². The van der Waals surface area contributed by atoms with Crippen LogP contribution in [0.25, 0.3) is 0 Å². The number of carbonyl (C=O) groups is 3. The predicted octanol–water partition coefficient (Wildman–Crippen LogP) is 3.11. The molecule has 0 bridgehead atoms. The molecule has 0 saturated carbocycles. The second-order valence-corrected chi connectivity index (χ2v) is 7.99. The summed E-state index contributed by atoms with van der Waals surface area (Å²) in [6.07, 6.45) is 2.26. The summed E-state index contributed by atoms with van der Waals surface area (Å²) in [6.45, 7) is 10.0. The van der Waals surface area contributed by atoms with Crippen molar-refractivity contribution in [3.63, 3.8) is 0 Å². The second-order valence-electron chi connectivity index (χ2n) is 7.99. The molecule has 2 rings (SSSR count). The van der Waals surface area contributed by atoms with Gasteiger partial charge in [0.25, 0.3) is 0 Å². The number of anilines is 2. The molecule has 0 aromatic heterocycles. The van der Waals surface area contributed by atoms with E-state index in [9.17, 15) is 14.4 Å². The minimum atomic E-state index is -0.601. The molecule has 0 fully saturated rings. The lowest BCUT2D eigenvalue weighted by molar-refractivity contribution is -0.127. The van der Waals surface area contributed by atoms with Gasteiger partial charge in [-0.2, -0.15) is 0 Å². The average molecular weight is 373 g/mol. The quantitative estimate of drug-likeness (QED) is 0.804. The summed E-state index contributed by atoms with van der Waals surface area (Å²) in [4.78, 5) is 38.5. The fraction of sp³-hybridized carbons (Fsp3) is 0.571. The van der Waals surface area contributed by atoms with E-state index in [0.717, 1.165) is 24.1 Å². The topological polar surface area (TPSA) is 78.5 Å². The van der Waals surface area contributed by atoms with Crippen LogP contribution in [-0.4, -0.2) is 30.3 Å². The number of nitrogens with one attached hydrogen (secondary N) is 2. The Morgan fingerprint density at radius 2 is 1.85 bits per heavy atom. The number of hydrogen-bond acceptors (Lipinski definition) is 3. The first kappa shape index (κ1) is 20.9. The number of benzene rings is 1.